The number of anilines is 1. The van der Waals surface area contributed by atoms with E-state index in [1.165, 1.54) is 10.5 Å². The Hall–Kier alpha value is -2.12. The van der Waals surface area contributed by atoms with Gasteiger partial charge >= 0.3 is 6.01 Å². The van der Waals surface area contributed by atoms with Crippen molar-refractivity contribution in [2.45, 2.75) is 31.1 Å². The Morgan fingerprint density at radius 1 is 1.24 bits per heavy atom. The number of nitrogens with one attached hydrogen (secondary N) is 1. The summed E-state index contributed by atoms with van der Waals surface area (Å²) in [6.07, 6.45) is 1.82. The van der Waals surface area contributed by atoms with Gasteiger partial charge in [0.1, 0.15) is 0 Å². The Morgan fingerprint density at radius 3 is 2.84 bits per heavy atom. The van der Waals surface area contributed by atoms with Crippen LogP contribution in [0.5, 0.6) is 0 Å². The third kappa shape index (κ3) is 5.72. The van der Waals surface area contributed by atoms with Crippen LogP contribution >= 0.6 is 23.1 Å². The molecule has 0 fully saturated rings. The number of hydrogen-bond acceptors (Lipinski definition) is 6. The van der Waals surface area contributed by atoms with Gasteiger partial charge in [0.2, 0.25) is 11.8 Å². The molecule has 130 valence electrons. The molecule has 7 heteroatoms. The Labute approximate surface area is 154 Å². The van der Waals surface area contributed by atoms with E-state index in [2.05, 4.69) is 46.7 Å². The van der Waals surface area contributed by atoms with E-state index in [4.69, 9.17) is 4.42 Å². The van der Waals surface area contributed by atoms with E-state index in [1.807, 2.05) is 17.5 Å². The molecule has 0 aliphatic heterocycles. The molecule has 0 atom stereocenters. The second-order valence-corrected chi connectivity index (χ2v) is 7.77. The Kier molecular flexibility index (Phi) is 6.25. The quantitative estimate of drug-likeness (QED) is 0.464. The SMILES string of the molecule is Cc1ccc(SCCCC(=O)Nc2nnc(Cc3cccs3)o2)cc1. The van der Waals surface area contributed by atoms with Gasteiger partial charge in [-0.15, -0.1) is 28.2 Å². The number of rotatable bonds is 8. The number of amides is 1. The summed E-state index contributed by atoms with van der Waals surface area (Å²) in [7, 11) is 0. The van der Waals surface area contributed by atoms with Crippen LogP contribution in [0.25, 0.3) is 0 Å². The minimum absolute atomic E-state index is 0.101. The summed E-state index contributed by atoms with van der Waals surface area (Å²) in [5.41, 5.74) is 1.25. The van der Waals surface area contributed by atoms with Crippen LogP contribution in [0.1, 0.15) is 29.2 Å². The first kappa shape index (κ1) is 17.7. The summed E-state index contributed by atoms with van der Waals surface area (Å²) < 4.78 is 5.46. The lowest BCUT2D eigenvalue weighted by atomic mass is 10.2. The van der Waals surface area contributed by atoms with Gasteiger partial charge in [0.15, 0.2) is 0 Å². The van der Waals surface area contributed by atoms with Gasteiger partial charge < -0.3 is 4.42 Å². The van der Waals surface area contributed by atoms with Gasteiger partial charge in [0.05, 0.1) is 6.42 Å². The van der Waals surface area contributed by atoms with Gasteiger partial charge in [-0.1, -0.05) is 28.9 Å². The minimum Gasteiger partial charge on any atom is -0.407 e. The van der Waals surface area contributed by atoms with Crippen LogP contribution in [0.15, 0.2) is 51.1 Å². The maximum Gasteiger partial charge on any atom is 0.322 e. The summed E-state index contributed by atoms with van der Waals surface area (Å²) in [4.78, 5) is 14.3. The lowest BCUT2D eigenvalue weighted by Crippen LogP contribution is -2.11. The average Bonchev–Trinajstić information content (AvgIpc) is 3.26. The van der Waals surface area contributed by atoms with Crippen molar-refractivity contribution in [2.24, 2.45) is 0 Å². The number of aryl methyl sites for hydroxylation is 1. The highest BCUT2D eigenvalue weighted by Crippen LogP contribution is 2.20. The van der Waals surface area contributed by atoms with Crippen molar-refractivity contribution in [1.82, 2.24) is 10.2 Å². The van der Waals surface area contributed by atoms with E-state index in [-0.39, 0.29) is 11.9 Å². The first-order valence-corrected chi connectivity index (χ1v) is 9.89. The standard InChI is InChI=1S/C18H19N3O2S2/c1-13-6-8-14(9-7-13)24-11-3-5-16(22)19-18-21-20-17(23-18)12-15-4-2-10-25-15/h2,4,6-10H,3,5,11-12H2,1H3,(H,19,21,22). The predicted molar refractivity (Wildman–Crippen MR) is 101 cm³/mol. The van der Waals surface area contributed by atoms with E-state index in [1.54, 1.807) is 23.1 Å². The van der Waals surface area contributed by atoms with E-state index in [0.717, 1.165) is 17.1 Å². The van der Waals surface area contributed by atoms with Crippen LogP contribution in [0.3, 0.4) is 0 Å². The second kappa shape index (κ2) is 8.82. The smallest absolute Gasteiger partial charge is 0.322 e. The highest BCUT2D eigenvalue weighted by molar-refractivity contribution is 7.99. The molecule has 1 amide bonds. The molecule has 0 saturated heterocycles. The van der Waals surface area contributed by atoms with E-state index < -0.39 is 0 Å². The fourth-order valence-corrected chi connectivity index (χ4v) is 3.73. The highest BCUT2D eigenvalue weighted by Gasteiger charge is 2.10. The fraction of sp³-hybridized carbons (Fsp3) is 0.278. The number of nitrogens with zero attached hydrogens (tertiary/aromatic N) is 2. The summed E-state index contributed by atoms with van der Waals surface area (Å²) in [5, 5.41) is 12.5. The molecule has 0 aliphatic carbocycles. The first-order chi connectivity index (χ1) is 12.2. The average molecular weight is 374 g/mol. The van der Waals surface area contributed by atoms with Crippen molar-refractivity contribution >= 4 is 35.0 Å². The molecule has 0 bridgehead atoms. The van der Waals surface area contributed by atoms with Gasteiger partial charge in [-0.2, -0.15) is 0 Å². The molecule has 0 aliphatic rings. The number of carbonyl (C=O) groups is 1. The van der Waals surface area contributed by atoms with Crippen LogP contribution in [-0.4, -0.2) is 21.9 Å². The molecule has 1 aromatic carbocycles. The monoisotopic (exact) mass is 373 g/mol. The number of aromatic nitrogens is 2. The molecule has 3 aromatic rings. The second-order valence-electron chi connectivity index (χ2n) is 5.57. The fourth-order valence-electron chi connectivity index (χ4n) is 2.18. The zero-order chi connectivity index (χ0) is 17.5. The number of benzene rings is 1. The Bertz CT molecular complexity index is 798. The molecule has 1 N–H and O–H groups in total. The third-order valence-corrected chi connectivity index (χ3v) is 5.43. The Morgan fingerprint density at radius 2 is 2.08 bits per heavy atom. The molecule has 2 heterocycles. The van der Waals surface area contributed by atoms with Crippen LogP contribution in [0, 0.1) is 6.92 Å². The van der Waals surface area contributed by atoms with E-state index in [9.17, 15) is 4.79 Å². The zero-order valence-electron chi connectivity index (χ0n) is 13.9. The van der Waals surface area contributed by atoms with E-state index >= 15 is 0 Å². The molecular weight excluding hydrogens is 354 g/mol. The minimum atomic E-state index is -0.101. The van der Waals surface area contributed by atoms with Crippen LogP contribution in [0.4, 0.5) is 6.01 Å². The molecule has 0 unspecified atom stereocenters. The molecule has 5 nitrogen and oxygen atoms in total. The van der Waals surface area contributed by atoms with Crippen molar-refractivity contribution in [2.75, 3.05) is 11.1 Å². The summed E-state index contributed by atoms with van der Waals surface area (Å²) in [6.45, 7) is 2.07. The van der Waals surface area contributed by atoms with Crippen molar-refractivity contribution in [3.05, 3.63) is 58.1 Å². The zero-order valence-corrected chi connectivity index (χ0v) is 15.5. The molecule has 2 aromatic heterocycles. The number of thiophene rings is 1. The number of hydrogen-bond donors (Lipinski definition) is 1. The van der Waals surface area contributed by atoms with Crippen molar-refractivity contribution < 1.29 is 9.21 Å². The maximum absolute atomic E-state index is 11.9. The largest absolute Gasteiger partial charge is 0.407 e. The first-order valence-electron chi connectivity index (χ1n) is 8.03. The van der Waals surface area contributed by atoms with Gasteiger partial charge in [-0.3, -0.25) is 10.1 Å². The van der Waals surface area contributed by atoms with Crippen molar-refractivity contribution in [3.8, 4) is 0 Å². The summed E-state index contributed by atoms with van der Waals surface area (Å²) in [6, 6.07) is 12.6. The lowest BCUT2D eigenvalue weighted by molar-refractivity contribution is -0.116. The molecule has 0 spiro atoms. The normalized spacial score (nSPS) is 10.8. The van der Waals surface area contributed by atoms with Gasteiger partial charge in [0, 0.05) is 16.2 Å². The van der Waals surface area contributed by atoms with Crippen molar-refractivity contribution in [1.29, 1.82) is 0 Å². The molecule has 0 radical (unpaired) electrons. The number of thioether (sulfide) groups is 1. The number of carbonyl (C=O) groups excluding carboxylic acids is 1. The van der Waals surface area contributed by atoms with Gasteiger partial charge in [-0.05, 0) is 42.7 Å². The molecule has 25 heavy (non-hydrogen) atoms. The Balaban J connectivity index is 1.37. The molecule has 0 saturated carbocycles. The van der Waals surface area contributed by atoms with Gasteiger partial charge in [0.25, 0.3) is 0 Å². The van der Waals surface area contributed by atoms with E-state index in [0.29, 0.717) is 18.7 Å². The van der Waals surface area contributed by atoms with Crippen LogP contribution in [0.2, 0.25) is 0 Å². The highest BCUT2D eigenvalue weighted by atomic mass is 32.2. The van der Waals surface area contributed by atoms with Crippen molar-refractivity contribution in [3.63, 3.8) is 0 Å². The van der Waals surface area contributed by atoms with Gasteiger partial charge in [-0.25, -0.2) is 0 Å². The van der Waals surface area contributed by atoms with Crippen LogP contribution in [-0.2, 0) is 11.2 Å². The topological polar surface area (TPSA) is 68.0 Å². The maximum atomic E-state index is 11.9. The predicted octanol–water partition coefficient (Wildman–Crippen LogP) is 4.54. The molecular formula is C18H19N3O2S2. The van der Waals surface area contributed by atoms with Crippen LogP contribution < -0.4 is 5.32 Å². The summed E-state index contributed by atoms with van der Waals surface area (Å²) >= 11 is 3.39. The summed E-state index contributed by atoms with van der Waals surface area (Å²) in [5.74, 6) is 1.30. The lowest BCUT2D eigenvalue weighted by Gasteiger charge is -2.02. The molecule has 3 rings (SSSR count). The third-order valence-electron chi connectivity index (χ3n) is 3.46.